The summed E-state index contributed by atoms with van der Waals surface area (Å²) in [5.41, 5.74) is 3.51. The third-order valence-electron chi connectivity index (χ3n) is 3.00. The minimum Gasteiger partial charge on any atom is -0.496 e. The molecule has 0 bridgehead atoms. The average molecular weight is 245 g/mol. The van der Waals surface area contributed by atoms with Crippen LogP contribution >= 0.6 is 0 Å². The first kappa shape index (κ1) is 12.6. The zero-order valence-electron chi connectivity index (χ0n) is 11.2. The minimum absolute atomic E-state index is 0.862. The number of aryl methyl sites for hydroxylation is 4. The van der Waals surface area contributed by atoms with Crippen LogP contribution in [-0.2, 0) is 19.4 Å². The van der Waals surface area contributed by atoms with Crippen LogP contribution in [0, 0.1) is 6.92 Å². The molecule has 0 unspecified atom stereocenters. The van der Waals surface area contributed by atoms with E-state index < -0.39 is 0 Å². The average Bonchev–Trinajstić information content (AvgIpc) is 2.84. The first-order chi connectivity index (χ1) is 8.72. The number of hydrogen-bond donors (Lipinski definition) is 0. The molecule has 0 atom stereocenters. The molecule has 0 aliphatic heterocycles. The van der Waals surface area contributed by atoms with E-state index >= 15 is 0 Å². The third-order valence-corrected chi connectivity index (χ3v) is 3.00. The van der Waals surface area contributed by atoms with E-state index in [9.17, 15) is 0 Å². The molecule has 96 valence electrons. The van der Waals surface area contributed by atoms with Crippen molar-refractivity contribution in [2.75, 3.05) is 7.11 Å². The topological polar surface area (TPSA) is 39.9 Å². The number of rotatable bonds is 5. The van der Waals surface area contributed by atoms with Crippen LogP contribution in [0.15, 0.2) is 24.4 Å². The van der Waals surface area contributed by atoms with Crippen LogP contribution < -0.4 is 4.74 Å². The van der Waals surface area contributed by atoms with Gasteiger partial charge in [0, 0.05) is 12.7 Å². The Kier molecular flexibility index (Phi) is 3.97. The first-order valence-electron chi connectivity index (χ1n) is 6.25. The molecule has 0 saturated heterocycles. The fourth-order valence-corrected chi connectivity index (χ4v) is 1.97. The quantitative estimate of drug-likeness (QED) is 0.812. The summed E-state index contributed by atoms with van der Waals surface area (Å²) in [6.07, 6.45) is 3.81. The fourth-order valence-electron chi connectivity index (χ4n) is 1.97. The van der Waals surface area contributed by atoms with Gasteiger partial charge >= 0.3 is 0 Å². The van der Waals surface area contributed by atoms with Crippen molar-refractivity contribution in [2.45, 2.75) is 33.2 Å². The van der Waals surface area contributed by atoms with Crippen molar-refractivity contribution in [3.63, 3.8) is 0 Å². The van der Waals surface area contributed by atoms with E-state index in [-0.39, 0.29) is 0 Å². The van der Waals surface area contributed by atoms with Gasteiger partial charge in [-0.1, -0.05) is 22.9 Å². The highest BCUT2D eigenvalue weighted by Crippen LogP contribution is 2.21. The predicted molar refractivity (Wildman–Crippen MR) is 70.8 cm³/mol. The lowest BCUT2D eigenvalue weighted by atomic mass is 10.0. The number of nitrogens with zero attached hydrogens (tertiary/aromatic N) is 3. The summed E-state index contributed by atoms with van der Waals surface area (Å²) in [4.78, 5) is 0. The van der Waals surface area contributed by atoms with Crippen molar-refractivity contribution in [1.82, 2.24) is 15.0 Å². The molecular formula is C14H19N3O. The van der Waals surface area contributed by atoms with Gasteiger partial charge in [-0.3, -0.25) is 4.68 Å². The normalized spacial score (nSPS) is 10.6. The predicted octanol–water partition coefficient (Wildman–Crippen LogP) is 2.40. The highest BCUT2D eigenvalue weighted by atomic mass is 16.5. The van der Waals surface area contributed by atoms with Crippen LogP contribution in [0.1, 0.15) is 23.7 Å². The van der Waals surface area contributed by atoms with Gasteiger partial charge in [-0.2, -0.15) is 0 Å². The molecule has 1 heterocycles. The van der Waals surface area contributed by atoms with E-state index in [1.165, 1.54) is 11.1 Å². The molecule has 4 heteroatoms. The van der Waals surface area contributed by atoms with Gasteiger partial charge in [-0.15, -0.1) is 5.10 Å². The van der Waals surface area contributed by atoms with Crippen molar-refractivity contribution in [2.24, 2.45) is 0 Å². The lowest BCUT2D eigenvalue weighted by Crippen LogP contribution is -1.96. The largest absolute Gasteiger partial charge is 0.496 e. The van der Waals surface area contributed by atoms with Gasteiger partial charge in [0.2, 0.25) is 0 Å². The van der Waals surface area contributed by atoms with E-state index in [4.69, 9.17) is 4.74 Å². The van der Waals surface area contributed by atoms with Gasteiger partial charge < -0.3 is 4.74 Å². The Balaban J connectivity index is 2.07. The van der Waals surface area contributed by atoms with Gasteiger partial charge in [0.25, 0.3) is 0 Å². The number of benzene rings is 1. The molecular weight excluding hydrogens is 226 g/mol. The van der Waals surface area contributed by atoms with Crippen molar-refractivity contribution in [3.05, 3.63) is 41.2 Å². The molecule has 4 nitrogen and oxygen atoms in total. The molecule has 0 radical (unpaired) electrons. The standard InChI is InChI=1S/C14H19N3O/c1-4-17-10-13(15-16-17)7-6-12-9-11(2)5-8-14(12)18-3/h5,8-10H,4,6-7H2,1-3H3. The molecule has 0 N–H and O–H groups in total. The Morgan fingerprint density at radius 1 is 1.28 bits per heavy atom. The molecule has 0 spiro atoms. The first-order valence-corrected chi connectivity index (χ1v) is 6.25. The zero-order chi connectivity index (χ0) is 13.0. The highest BCUT2D eigenvalue weighted by Gasteiger charge is 2.05. The zero-order valence-corrected chi connectivity index (χ0v) is 11.2. The maximum absolute atomic E-state index is 5.37. The third kappa shape index (κ3) is 2.88. The molecule has 0 saturated carbocycles. The van der Waals surface area contributed by atoms with E-state index in [0.717, 1.165) is 30.8 Å². The summed E-state index contributed by atoms with van der Waals surface area (Å²) in [5, 5.41) is 8.19. The summed E-state index contributed by atoms with van der Waals surface area (Å²) in [6, 6.07) is 6.26. The van der Waals surface area contributed by atoms with E-state index in [0.29, 0.717) is 0 Å². The molecule has 0 amide bonds. The highest BCUT2D eigenvalue weighted by molar-refractivity contribution is 5.37. The molecule has 2 rings (SSSR count). The van der Waals surface area contributed by atoms with Crippen molar-refractivity contribution >= 4 is 0 Å². The van der Waals surface area contributed by atoms with Crippen LogP contribution in [0.2, 0.25) is 0 Å². The van der Waals surface area contributed by atoms with Gasteiger partial charge in [-0.05, 0) is 38.3 Å². The number of ether oxygens (including phenoxy) is 1. The summed E-state index contributed by atoms with van der Waals surface area (Å²) in [6.45, 7) is 5.01. The van der Waals surface area contributed by atoms with E-state index in [1.807, 2.05) is 16.9 Å². The van der Waals surface area contributed by atoms with Crippen molar-refractivity contribution < 1.29 is 4.74 Å². The second-order valence-electron chi connectivity index (χ2n) is 4.38. The SMILES string of the molecule is CCn1cc(CCc2cc(C)ccc2OC)nn1. The monoisotopic (exact) mass is 245 g/mol. The molecule has 0 fully saturated rings. The molecule has 0 aliphatic rings. The number of methoxy groups -OCH3 is 1. The van der Waals surface area contributed by atoms with Gasteiger partial charge in [0.1, 0.15) is 5.75 Å². The summed E-state index contributed by atoms with van der Waals surface area (Å²) in [7, 11) is 1.71. The van der Waals surface area contributed by atoms with Crippen molar-refractivity contribution in [1.29, 1.82) is 0 Å². The Hall–Kier alpha value is -1.84. The van der Waals surface area contributed by atoms with E-state index in [2.05, 4.69) is 36.3 Å². The molecule has 1 aromatic heterocycles. The van der Waals surface area contributed by atoms with Crippen LogP contribution in [-0.4, -0.2) is 22.1 Å². The lowest BCUT2D eigenvalue weighted by molar-refractivity contribution is 0.409. The maximum Gasteiger partial charge on any atom is 0.122 e. The Morgan fingerprint density at radius 3 is 2.78 bits per heavy atom. The maximum atomic E-state index is 5.37. The van der Waals surface area contributed by atoms with Crippen LogP contribution in [0.25, 0.3) is 0 Å². The summed E-state index contributed by atoms with van der Waals surface area (Å²) in [5.74, 6) is 0.948. The van der Waals surface area contributed by atoms with Crippen LogP contribution in [0.5, 0.6) is 5.75 Å². The second kappa shape index (κ2) is 5.67. The van der Waals surface area contributed by atoms with Gasteiger partial charge in [-0.25, -0.2) is 0 Å². The summed E-state index contributed by atoms with van der Waals surface area (Å²) < 4.78 is 7.22. The molecule has 2 aromatic rings. The Labute approximate surface area is 108 Å². The Morgan fingerprint density at radius 2 is 2.11 bits per heavy atom. The summed E-state index contributed by atoms with van der Waals surface area (Å²) >= 11 is 0. The van der Waals surface area contributed by atoms with Crippen LogP contribution in [0.3, 0.4) is 0 Å². The van der Waals surface area contributed by atoms with Gasteiger partial charge in [0.05, 0.1) is 12.8 Å². The van der Waals surface area contributed by atoms with Crippen LogP contribution in [0.4, 0.5) is 0 Å². The lowest BCUT2D eigenvalue weighted by Gasteiger charge is -2.08. The number of aromatic nitrogens is 3. The molecule has 1 aromatic carbocycles. The van der Waals surface area contributed by atoms with E-state index in [1.54, 1.807) is 7.11 Å². The molecule has 18 heavy (non-hydrogen) atoms. The minimum atomic E-state index is 0.862. The van der Waals surface area contributed by atoms with Gasteiger partial charge in [0.15, 0.2) is 0 Å². The smallest absolute Gasteiger partial charge is 0.122 e. The fraction of sp³-hybridized carbons (Fsp3) is 0.429. The van der Waals surface area contributed by atoms with Crippen molar-refractivity contribution in [3.8, 4) is 5.75 Å². The molecule has 0 aliphatic carbocycles. The Bertz CT molecular complexity index is 520. The number of hydrogen-bond acceptors (Lipinski definition) is 3. The second-order valence-corrected chi connectivity index (χ2v) is 4.38.